The Kier molecular flexibility index (Phi) is 3.52. The Morgan fingerprint density at radius 3 is 2.78 bits per heavy atom. The van der Waals surface area contributed by atoms with Gasteiger partial charge in [-0.3, -0.25) is 14.6 Å². The van der Waals surface area contributed by atoms with E-state index in [0.717, 1.165) is 32.4 Å². The lowest BCUT2D eigenvalue weighted by molar-refractivity contribution is -0.132. The summed E-state index contributed by atoms with van der Waals surface area (Å²) in [7, 11) is 0. The molecule has 6 nitrogen and oxygen atoms in total. The Morgan fingerprint density at radius 1 is 1.13 bits per heavy atom. The lowest BCUT2D eigenvalue weighted by Crippen LogP contribution is -2.36. The molecule has 0 spiro atoms. The number of nitrogens with zero attached hydrogens (tertiary/aromatic N) is 3. The van der Waals surface area contributed by atoms with E-state index in [9.17, 15) is 9.59 Å². The zero-order valence-corrected chi connectivity index (χ0v) is 13.0. The van der Waals surface area contributed by atoms with Crippen molar-refractivity contribution < 1.29 is 4.79 Å². The van der Waals surface area contributed by atoms with E-state index in [0.29, 0.717) is 35.8 Å². The fraction of sp³-hybridized carbons (Fsp3) is 0.471. The van der Waals surface area contributed by atoms with E-state index in [2.05, 4.69) is 14.9 Å². The van der Waals surface area contributed by atoms with Crippen molar-refractivity contribution in [2.24, 2.45) is 5.92 Å². The molecule has 0 radical (unpaired) electrons. The first-order chi connectivity index (χ1) is 11.2. The van der Waals surface area contributed by atoms with Crippen molar-refractivity contribution in [2.75, 3.05) is 31.1 Å². The number of carbonyl (C=O) groups is 1. The Balaban J connectivity index is 1.56. The van der Waals surface area contributed by atoms with E-state index in [-0.39, 0.29) is 11.5 Å². The number of para-hydroxylation sites is 1. The lowest BCUT2D eigenvalue weighted by atomic mass is 10.2. The van der Waals surface area contributed by atoms with E-state index < -0.39 is 0 Å². The third-order valence-corrected chi connectivity index (χ3v) is 4.63. The maximum absolute atomic E-state index is 12.2. The van der Waals surface area contributed by atoms with Crippen LogP contribution >= 0.6 is 0 Å². The van der Waals surface area contributed by atoms with Gasteiger partial charge in [-0.05, 0) is 31.4 Å². The summed E-state index contributed by atoms with van der Waals surface area (Å²) in [5.41, 5.74) is 0.599. The summed E-state index contributed by atoms with van der Waals surface area (Å²) in [6.45, 7) is 3.00. The average Bonchev–Trinajstić information content (AvgIpc) is 3.41. The number of hydrogen-bond acceptors (Lipinski definition) is 4. The Labute approximate surface area is 134 Å². The molecule has 1 aromatic heterocycles. The number of anilines is 1. The van der Waals surface area contributed by atoms with Gasteiger partial charge in [-0.15, -0.1) is 0 Å². The van der Waals surface area contributed by atoms with Crippen LogP contribution in [0.15, 0.2) is 29.1 Å². The Morgan fingerprint density at radius 2 is 1.96 bits per heavy atom. The third kappa shape index (κ3) is 2.81. The van der Waals surface area contributed by atoms with Gasteiger partial charge in [-0.2, -0.15) is 0 Å². The summed E-state index contributed by atoms with van der Waals surface area (Å²) < 4.78 is 0. The van der Waals surface area contributed by atoms with E-state index in [1.165, 1.54) is 0 Å². The van der Waals surface area contributed by atoms with Gasteiger partial charge in [0.25, 0.3) is 5.56 Å². The summed E-state index contributed by atoms with van der Waals surface area (Å²) in [5, 5.41) is 0.608. The predicted octanol–water partition coefficient (Wildman–Crippen LogP) is 1.37. The van der Waals surface area contributed by atoms with Gasteiger partial charge in [0.1, 0.15) is 0 Å². The van der Waals surface area contributed by atoms with Crippen molar-refractivity contribution in [3.05, 3.63) is 34.6 Å². The molecule has 120 valence electrons. The fourth-order valence-electron chi connectivity index (χ4n) is 3.16. The van der Waals surface area contributed by atoms with Crippen molar-refractivity contribution in [1.29, 1.82) is 0 Å². The predicted molar refractivity (Wildman–Crippen MR) is 88.5 cm³/mol. The number of benzene rings is 1. The molecule has 1 aromatic carbocycles. The number of aromatic nitrogens is 2. The standard InChI is InChI=1S/C17H20N4O2/c22-15-13-4-1-2-5-14(13)18-17(19-15)21-9-3-8-20(10-11-21)16(23)12-6-7-12/h1-2,4-5,12H,3,6-11H2,(H,18,19,22). The summed E-state index contributed by atoms with van der Waals surface area (Å²) in [6, 6.07) is 7.36. The van der Waals surface area contributed by atoms with Crippen LogP contribution in [0.1, 0.15) is 19.3 Å². The molecule has 0 atom stereocenters. The molecule has 1 saturated heterocycles. The minimum absolute atomic E-state index is 0.110. The smallest absolute Gasteiger partial charge is 0.260 e. The van der Waals surface area contributed by atoms with E-state index in [1.807, 2.05) is 23.1 Å². The van der Waals surface area contributed by atoms with Gasteiger partial charge in [0, 0.05) is 32.1 Å². The van der Waals surface area contributed by atoms with Gasteiger partial charge >= 0.3 is 0 Å². The molecule has 0 unspecified atom stereocenters. The number of hydrogen-bond donors (Lipinski definition) is 1. The third-order valence-electron chi connectivity index (χ3n) is 4.63. The number of rotatable bonds is 2. The molecule has 0 bridgehead atoms. The summed E-state index contributed by atoms with van der Waals surface area (Å²) in [5.74, 6) is 1.17. The average molecular weight is 312 g/mol. The zero-order chi connectivity index (χ0) is 15.8. The number of H-pyrrole nitrogens is 1. The van der Waals surface area contributed by atoms with Crippen LogP contribution in [0.5, 0.6) is 0 Å². The topological polar surface area (TPSA) is 69.3 Å². The molecule has 2 fully saturated rings. The molecular weight excluding hydrogens is 292 g/mol. The molecule has 2 aromatic rings. The molecular formula is C17H20N4O2. The summed E-state index contributed by atoms with van der Waals surface area (Å²) in [4.78, 5) is 35.9. The summed E-state index contributed by atoms with van der Waals surface area (Å²) in [6.07, 6.45) is 2.98. The van der Waals surface area contributed by atoms with Crippen molar-refractivity contribution in [3.63, 3.8) is 0 Å². The van der Waals surface area contributed by atoms with Crippen molar-refractivity contribution in [1.82, 2.24) is 14.9 Å². The lowest BCUT2D eigenvalue weighted by Gasteiger charge is -2.22. The first kappa shape index (κ1) is 14.2. The molecule has 2 aliphatic rings. The monoisotopic (exact) mass is 312 g/mol. The summed E-state index contributed by atoms with van der Waals surface area (Å²) >= 11 is 0. The molecule has 2 heterocycles. The molecule has 1 saturated carbocycles. The second-order valence-corrected chi connectivity index (χ2v) is 6.35. The highest BCUT2D eigenvalue weighted by Crippen LogP contribution is 2.31. The minimum Gasteiger partial charge on any atom is -0.341 e. The number of aromatic amines is 1. The minimum atomic E-state index is -0.110. The van der Waals surface area contributed by atoms with E-state index in [1.54, 1.807) is 6.07 Å². The molecule has 1 aliphatic heterocycles. The largest absolute Gasteiger partial charge is 0.341 e. The van der Waals surface area contributed by atoms with Crippen LogP contribution in [0.3, 0.4) is 0 Å². The van der Waals surface area contributed by atoms with Crippen LogP contribution in [-0.2, 0) is 4.79 Å². The molecule has 23 heavy (non-hydrogen) atoms. The van der Waals surface area contributed by atoms with Gasteiger partial charge in [0.15, 0.2) is 0 Å². The van der Waals surface area contributed by atoms with Gasteiger partial charge in [0.2, 0.25) is 11.9 Å². The molecule has 1 amide bonds. The van der Waals surface area contributed by atoms with Crippen LogP contribution < -0.4 is 10.5 Å². The number of fused-ring (bicyclic) bond motifs is 1. The fourth-order valence-corrected chi connectivity index (χ4v) is 3.16. The maximum Gasteiger partial charge on any atom is 0.260 e. The van der Waals surface area contributed by atoms with Crippen LogP contribution in [0.2, 0.25) is 0 Å². The Bertz CT molecular complexity index is 797. The first-order valence-corrected chi connectivity index (χ1v) is 8.25. The van der Waals surface area contributed by atoms with Crippen LogP contribution in [0.4, 0.5) is 5.95 Å². The second-order valence-electron chi connectivity index (χ2n) is 6.35. The number of carbonyl (C=O) groups excluding carboxylic acids is 1. The van der Waals surface area contributed by atoms with Gasteiger partial charge in [-0.1, -0.05) is 12.1 Å². The first-order valence-electron chi connectivity index (χ1n) is 8.25. The SMILES string of the molecule is O=C(C1CC1)N1CCCN(c2nc3ccccc3c(=O)[nH]2)CC1. The molecule has 1 aliphatic carbocycles. The number of nitrogens with one attached hydrogen (secondary N) is 1. The maximum atomic E-state index is 12.2. The Hall–Kier alpha value is -2.37. The zero-order valence-electron chi connectivity index (χ0n) is 13.0. The highest BCUT2D eigenvalue weighted by molar-refractivity contribution is 5.81. The van der Waals surface area contributed by atoms with Crippen LogP contribution in [0, 0.1) is 5.92 Å². The van der Waals surface area contributed by atoms with Crippen LogP contribution in [-0.4, -0.2) is 47.0 Å². The van der Waals surface area contributed by atoms with Crippen LogP contribution in [0.25, 0.3) is 10.9 Å². The van der Waals surface area contributed by atoms with Crippen molar-refractivity contribution in [2.45, 2.75) is 19.3 Å². The highest BCUT2D eigenvalue weighted by atomic mass is 16.2. The molecule has 1 N–H and O–H groups in total. The quantitative estimate of drug-likeness (QED) is 0.909. The molecule has 6 heteroatoms. The normalized spacial score (nSPS) is 19.0. The van der Waals surface area contributed by atoms with E-state index >= 15 is 0 Å². The van der Waals surface area contributed by atoms with E-state index in [4.69, 9.17) is 0 Å². The van der Waals surface area contributed by atoms with Gasteiger partial charge in [-0.25, -0.2) is 4.98 Å². The van der Waals surface area contributed by atoms with Gasteiger partial charge in [0.05, 0.1) is 10.9 Å². The highest BCUT2D eigenvalue weighted by Gasteiger charge is 2.34. The number of amides is 1. The second kappa shape index (κ2) is 5.68. The van der Waals surface area contributed by atoms with Gasteiger partial charge < -0.3 is 9.80 Å². The van der Waals surface area contributed by atoms with Crippen molar-refractivity contribution in [3.8, 4) is 0 Å². The molecule has 4 rings (SSSR count). The van der Waals surface area contributed by atoms with Crippen molar-refractivity contribution >= 4 is 22.8 Å².